The average molecular weight is 565 g/mol. The van der Waals surface area contributed by atoms with Crippen LogP contribution < -0.4 is 9.64 Å². The molecular weight excluding hydrogens is 532 g/mol. The smallest absolute Gasteiger partial charge is 0.264 e. The number of amides is 3. The van der Waals surface area contributed by atoms with Crippen LogP contribution in [0.1, 0.15) is 45.8 Å². The van der Waals surface area contributed by atoms with Crippen molar-refractivity contribution in [1.29, 1.82) is 0 Å². The van der Waals surface area contributed by atoms with E-state index < -0.39 is 23.9 Å². The zero-order chi connectivity index (χ0) is 29.7. The zero-order valence-corrected chi connectivity index (χ0v) is 24.2. The zero-order valence-electron chi connectivity index (χ0n) is 24.2. The summed E-state index contributed by atoms with van der Waals surface area (Å²) in [6, 6.07) is 17.0. The Labute approximate surface area is 244 Å². The molecule has 10 heteroatoms. The lowest BCUT2D eigenvalue weighted by molar-refractivity contribution is -0.135. The van der Waals surface area contributed by atoms with Gasteiger partial charge in [0.15, 0.2) is 12.1 Å². The van der Waals surface area contributed by atoms with Crippen LogP contribution >= 0.6 is 0 Å². The van der Waals surface area contributed by atoms with Crippen molar-refractivity contribution in [2.45, 2.75) is 52.2 Å². The maximum atomic E-state index is 13.9. The first-order valence-electron chi connectivity index (χ1n) is 13.9. The van der Waals surface area contributed by atoms with Gasteiger partial charge in [0.2, 0.25) is 0 Å². The van der Waals surface area contributed by atoms with Gasteiger partial charge in [-0.15, -0.1) is 0 Å². The number of hydrazone groups is 1. The molecule has 0 radical (unpaired) electrons. The summed E-state index contributed by atoms with van der Waals surface area (Å²) >= 11 is 0. The molecule has 1 fully saturated rings. The molecule has 0 bridgehead atoms. The fourth-order valence-corrected chi connectivity index (χ4v) is 6.07. The lowest BCUT2D eigenvalue weighted by Crippen LogP contribution is -2.45. The number of imide groups is 1. The molecule has 0 unspecified atom stereocenters. The van der Waals surface area contributed by atoms with Gasteiger partial charge in [0.25, 0.3) is 17.7 Å². The van der Waals surface area contributed by atoms with Gasteiger partial charge in [0.05, 0.1) is 24.6 Å². The van der Waals surface area contributed by atoms with Crippen molar-refractivity contribution in [3.05, 3.63) is 94.0 Å². The number of hydrogen-bond donors (Lipinski definition) is 0. The van der Waals surface area contributed by atoms with Crippen LogP contribution in [0.15, 0.2) is 76.1 Å². The Bertz CT molecular complexity index is 1640. The molecule has 3 aliphatic heterocycles. The maximum absolute atomic E-state index is 13.9. The van der Waals surface area contributed by atoms with Crippen LogP contribution in [0.2, 0.25) is 0 Å². The van der Waals surface area contributed by atoms with Crippen molar-refractivity contribution in [3.63, 3.8) is 0 Å². The lowest BCUT2D eigenvalue weighted by Gasteiger charge is -2.26. The largest absolute Gasteiger partial charge is 0.497 e. The normalized spacial score (nSPS) is 21.3. The van der Waals surface area contributed by atoms with Crippen molar-refractivity contribution >= 4 is 29.1 Å². The van der Waals surface area contributed by atoms with Gasteiger partial charge in [-0.1, -0.05) is 59.3 Å². The van der Waals surface area contributed by atoms with E-state index in [2.05, 4.69) is 16.4 Å². The van der Waals surface area contributed by atoms with E-state index in [1.807, 2.05) is 82.3 Å². The van der Waals surface area contributed by atoms with Gasteiger partial charge in [-0.05, 0) is 62.1 Å². The summed E-state index contributed by atoms with van der Waals surface area (Å²) in [4.78, 5) is 42.1. The highest BCUT2D eigenvalue weighted by molar-refractivity contribution is 6.26. The minimum atomic E-state index is -0.991. The molecule has 0 saturated carbocycles. The number of carbonyl (C=O) groups is 3. The fourth-order valence-electron chi connectivity index (χ4n) is 6.07. The predicted octanol–water partition coefficient (Wildman–Crippen LogP) is 4.60. The van der Waals surface area contributed by atoms with E-state index in [0.717, 1.165) is 39.1 Å². The molecule has 3 aliphatic rings. The van der Waals surface area contributed by atoms with Crippen molar-refractivity contribution in [1.82, 2.24) is 10.0 Å². The van der Waals surface area contributed by atoms with Gasteiger partial charge < -0.3 is 4.74 Å². The number of anilines is 1. The summed E-state index contributed by atoms with van der Waals surface area (Å²) in [7, 11) is 1.61. The second kappa shape index (κ2) is 10.5. The molecule has 3 amide bonds. The van der Waals surface area contributed by atoms with Crippen molar-refractivity contribution in [2.24, 2.45) is 15.4 Å². The highest BCUT2D eigenvalue weighted by Gasteiger charge is 2.55. The summed E-state index contributed by atoms with van der Waals surface area (Å²) in [6.07, 6.45) is 0.521. The Balaban J connectivity index is 1.29. The third kappa shape index (κ3) is 4.52. The summed E-state index contributed by atoms with van der Waals surface area (Å²) in [5.41, 5.74) is 7.09. The Morgan fingerprint density at radius 1 is 0.929 bits per heavy atom. The van der Waals surface area contributed by atoms with Crippen LogP contribution in [0.3, 0.4) is 0 Å². The molecule has 3 aromatic carbocycles. The van der Waals surface area contributed by atoms with Gasteiger partial charge in [0.1, 0.15) is 12.3 Å². The highest BCUT2D eigenvalue weighted by atomic mass is 16.5. The molecule has 0 N–H and O–H groups in total. The Hall–Kier alpha value is -4.86. The number of hydrogen-bond acceptors (Lipinski definition) is 8. The van der Waals surface area contributed by atoms with Crippen LogP contribution in [0.25, 0.3) is 0 Å². The molecule has 1 saturated heterocycles. The molecule has 3 atom stereocenters. The highest BCUT2D eigenvalue weighted by Crippen LogP contribution is 2.37. The maximum Gasteiger partial charge on any atom is 0.264 e. The molecule has 0 aliphatic carbocycles. The summed E-state index contributed by atoms with van der Waals surface area (Å²) in [5.74, 6) is -0.506. The van der Waals surface area contributed by atoms with E-state index in [0.29, 0.717) is 17.9 Å². The molecule has 3 heterocycles. The number of fused-ring (bicyclic) bond motifs is 1. The van der Waals surface area contributed by atoms with E-state index in [-0.39, 0.29) is 18.5 Å². The number of carbonyl (C=O) groups excluding carboxylic acids is 3. The summed E-state index contributed by atoms with van der Waals surface area (Å²) < 4.78 is 5.32. The average Bonchev–Trinajstić information content (AvgIpc) is 3.65. The standard InChI is InChI=1S/C32H32N6O4/c1-18-9-14-24(21(4)15-18)25-16-26(22-10-12-23(42-5)13-11-22)38(34-25)27(39)17-36-30-28(33-35-36)31(40)37(32(30)41)29-19(2)7-6-8-20(29)3/h6-15,26,28,30H,16-17H2,1-5H3/t26-,28-,30-/m0/s1. The van der Waals surface area contributed by atoms with Crippen LogP contribution in [0.5, 0.6) is 5.75 Å². The second-order valence-electron chi connectivity index (χ2n) is 11.0. The topological polar surface area (TPSA) is 107 Å². The Morgan fingerprint density at radius 3 is 2.31 bits per heavy atom. The van der Waals surface area contributed by atoms with E-state index in [9.17, 15) is 14.4 Å². The van der Waals surface area contributed by atoms with E-state index in [1.54, 1.807) is 7.11 Å². The molecule has 42 heavy (non-hydrogen) atoms. The van der Waals surface area contributed by atoms with Crippen molar-refractivity contribution in [3.8, 4) is 5.75 Å². The van der Waals surface area contributed by atoms with Gasteiger partial charge in [-0.2, -0.15) is 10.2 Å². The number of aryl methyl sites for hydroxylation is 4. The molecule has 214 valence electrons. The predicted molar refractivity (Wildman–Crippen MR) is 157 cm³/mol. The fraction of sp³-hybridized carbons (Fsp3) is 0.312. The molecule has 10 nitrogen and oxygen atoms in total. The molecule has 3 aromatic rings. The van der Waals surface area contributed by atoms with Crippen LogP contribution in [0.4, 0.5) is 5.69 Å². The van der Waals surface area contributed by atoms with E-state index in [4.69, 9.17) is 9.84 Å². The van der Waals surface area contributed by atoms with E-state index >= 15 is 0 Å². The quantitative estimate of drug-likeness (QED) is 0.407. The first kappa shape index (κ1) is 27.3. The number of ether oxygens (including phenoxy) is 1. The molecule has 0 aromatic heterocycles. The first-order valence-corrected chi connectivity index (χ1v) is 13.9. The number of methoxy groups -OCH3 is 1. The third-order valence-electron chi connectivity index (χ3n) is 8.18. The summed E-state index contributed by atoms with van der Waals surface area (Å²) in [6.45, 7) is 7.54. The van der Waals surface area contributed by atoms with Crippen molar-refractivity contribution in [2.75, 3.05) is 18.6 Å². The SMILES string of the molecule is COc1ccc([C@@H]2CC(c3ccc(C)cc3C)=NN2C(=O)CN2N=N[C@@H]3C(=O)N(c4c(C)cccc4C)C(=O)[C@H]32)cc1. The summed E-state index contributed by atoms with van der Waals surface area (Å²) in [5, 5.41) is 15.8. The monoisotopic (exact) mass is 564 g/mol. The first-order chi connectivity index (χ1) is 20.2. The van der Waals surface area contributed by atoms with Crippen LogP contribution in [-0.2, 0) is 14.4 Å². The second-order valence-corrected chi connectivity index (χ2v) is 11.0. The van der Waals surface area contributed by atoms with Gasteiger partial charge in [-0.3, -0.25) is 19.4 Å². The van der Waals surface area contributed by atoms with Crippen LogP contribution in [-0.4, -0.2) is 59.2 Å². The molecule has 6 rings (SSSR count). The Morgan fingerprint density at radius 2 is 1.64 bits per heavy atom. The van der Waals surface area contributed by atoms with Gasteiger partial charge in [-0.25, -0.2) is 9.91 Å². The minimum absolute atomic E-state index is 0.249. The third-order valence-corrected chi connectivity index (χ3v) is 8.18. The lowest BCUT2D eigenvalue weighted by atomic mass is 9.95. The minimum Gasteiger partial charge on any atom is -0.497 e. The number of rotatable bonds is 6. The van der Waals surface area contributed by atoms with Crippen LogP contribution in [0, 0.1) is 27.7 Å². The number of para-hydroxylation sites is 1. The van der Waals surface area contributed by atoms with Crippen molar-refractivity contribution < 1.29 is 19.1 Å². The molecule has 0 spiro atoms. The van der Waals surface area contributed by atoms with Gasteiger partial charge in [0, 0.05) is 12.0 Å². The number of nitrogens with zero attached hydrogens (tertiary/aromatic N) is 6. The van der Waals surface area contributed by atoms with E-state index in [1.165, 1.54) is 14.9 Å². The number of benzene rings is 3. The Kier molecular flexibility index (Phi) is 6.84. The molecular formula is C32H32N6O4. The van der Waals surface area contributed by atoms with Gasteiger partial charge >= 0.3 is 0 Å².